The Morgan fingerprint density at radius 2 is 2.10 bits per heavy atom. The van der Waals surface area contributed by atoms with Gasteiger partial charge in [0, 0.05) is 18.9 Å². The average Bonchev–Trinajstić information content (AvgIpc) is 3.14. The molecule has 0 spiro atoms. The SMILES string of the molecule is NNc1nc(NCCCC2CC2)nc(-n2ccnc2)n1. The third-order valence-corrected chi connectivity index (χ3v) is 3.26. The summed E-state index contributed by atoms with van der Waals surface area (Å²) in [5.74, 6) is 7.66. The zero-order valence-corrected chi connectivity index (χ0v) is 11.2. The maximum atomic E-state index is 5.39. The molecular weight excluding hydrogens is 256 g/mol. The lowest BCUT2D eigenvalue weighted by atomic mass is 10.2. The van der Waals surface area contributed by atoms with E-state index in [1.807, 2.05) is 0 Å². The van der Waals surface area contributed by atoms with Crippen LogP contribution >= 0.6 is 0 Å². The predicted molar refractivity (Wildman–Crippen MR) is 75.2 cm³/mol. The van der Waals surface area contributed by atoms with Gasteiger partial charge in [0.05, 0.1) is 0 Å². The van der Waals surface area contributed by atoms with Crippen LogP contribution in [0.3, 0.4) is 0 Å². The molecule has 0 bridgehead atoms. The van der Waals surface area contributed by atoms with Gasteiger partial charge >= 0.3 is 0 Å². The highest BCUT2D eigenvalue weighted by molar-refractivity contribution is 5.37. The smallest absolute Gasteiger partial charge is 0.243 e. The zero-order valence-electron chi connectivity index (χ0n) is 11.2. The van der Waals surface area contributed by atoms with Gasteiger partial charge in [-0.05, 0) is 18.8 Å². The molecule has 2 heterocycles. The van der Waals surface area contributed by atoms with E-state index in [0.717, 1.165) is 18.9 Å². The van der Waals surface area contributed by atoms with Crippen molar-refractivity contribution < 1.29 is 0 Å². The second-order valence-electron chi connectivity index (χ2n) is 4.91. The molecule has 8 heteroatoms. The first kappa shape index (κ1) is 12.8. The van der Waals surface area contributed by atoms with Crippen LogP contribution in [0.1, 0.15) is 25.7 Å². The number of anilines is 2. The Labute approximate surface area is 116 Å². The van der Waals surface area contributed by atoms with E-state index in [1.165, 1.54) is 19.3 Å². The van der Waals surface area contributed by atoms with Crippen LogP contribution in [-0.2, 0) is 0 Å². The van der Waals surface area contributed by atoms with Crippen molar-refractivity contribution in [2.45, 2.75) is 25.7 Å². The van der Waals surface area contributed by atoms with E-state index in [4.69, 9.17) is 5.84 Å². The first-order valence-electron chi connectivity index (χ1n) is 6.80. The number of nitrogens with one attached hydrogen (secondary N) is 2. The van der Waals surface area contributed by atoms with Gasteiger partial charge in [0.15, 0.2) is 0 Å². The minimum absolute atomic E-state index is 0.327. The predicted octanol–water partition coefficient (Wildman–Crippen LogP) is 0.945. The van der Waals surface area contributed by atoms with Crippen LogP contribution in [0.15, 0.2) is 18.7 Å². The lowest BCUT2D eigenvalue weighted by Crippen LogP contribution is -2.16. The monoisotopic (exact) mass is 274 g/mol. The summed E-state index contributed by atoms with van der Waals surface area (Å²) in [5, 5.41) is 3.21. The molecule has 4 N–H and O–H groups in total. The molecule has 2 aromatic rings. The van der Waals surface area contributed by atoms with Crippen molar-refractivity contribution in [3.05, 3.63) is 18.7 Å². The van der Waals surface area contributed by atoms with E-state index in [1.54, 1.807) is 23.3 Å². The standard InChI is InChI=1S/C12H18N8/c13-19-11-16-10(15-5-1-2-9-3-4-9)17-12(18-11)20-7-6-14-8-20/h6-9H,1-5,13H2,(H2,15,16,17,18,19). The molecule has 0 aliphatic heterocycles. The van der Waals surface area contributed by atoms with Crippen LogP contribution in [0.5, 0.6) is 0 Å². The molecule has 0 amide bonds. The second kappa shape index (κ2) is 5.83. The minimum atomic E-state index is 0.327. The molecule has 1 aliphatic rings. The van der Waals surface area contributed by atoms with Crippen LogP contribution in [-0.4, -0.2) is 31.0 Å². The van der Waals surface area contributed by atoms with Crippen LogP contribution in [0, 0.1) is 5.92 Å². The summed E-state index contributed by atoms with van der Waals surface area (Å²) in [5.41, 5.74) is 2.45. The molecule has 1 saturated carbocycles. The quantitative estimate of drug-likeness (QED) is 0.392. The summed E-state index contributed by atoms with van der Waals surface area (Å²) >= 11 is 0. The Morgan fingerprint density at radius 1 is 1.25 bits per heavy atom. The fourth-order valence-electron chi connectivity index (χ4n) is 2.00. The number of nitrogens with two attached hydrogens (primary N) is 1. The molecule has 1 fully saturated rings. The normalized spacial score (nSPS) is 14.2. The van der Waals surface area contributed by atoms with Gasteiger partial charge in [-0.2, -0.15) is 15.0 Å². The summed E-state index contributed by atoms with van der Waals surface area (Å²) < 4.78 is 1.71. The van der Waals surface area contributed by atoms with Crippen LogP contribution in [0.25, 0.3) is 5.95 Å². The maximum Gasteiger partial charge on any atom is 0.243 e. The molecule has 0 radical (unpaired) electrons. The van der Waals surface area contributed by atoms with Gasteiger partial charge < -0.3 is 5.32 Å². The topological polar surface area (TPSA) is 107 Å². The number of hydrazine groups is 1. The van der Waals surface area contributed by atoms with Crippen LogP contribution in [0.4, 0.5) is 11.9 Å². The van der Waals surface area contributed by atoms with E-state index in [9.17, 15) is 0 Å². The van der Waals surface area contributed by atoms with E-state index in [0.29, 0.717) is 17.8 Å². The molecule has 1 aliphatic carbocycles. The lowest BCUT2D eigenvalue weighted by molar-refractivity contribution is 0.684. The van der Waals surface area contributed by atoms with E-state index < -0.39 is 0 Å². The van der Waals surface area contributed by atoms with Crippen LogP contribution < -0.4 is 16.6 Å². The molecule has 0 saturated heterocycles. The average molecular weight is 274 g/mol. The van der Waals surface area contributed by atoms with Crippen molar-refractivity contribution in [2.24, 2.45) is 11.8 Å². The van der Waals surface area contributed by atoms with Crippen molar-refractivity contribution in [3.63, 3.8) is 0 Å². The van der Waals surface area contributed by atoms with Gasteiger partial charge in [0.2, 0.25) is 17.8 Å². The summed E-state index contributed by atoms with van der Waals surface area (Å²) in [4.78, 5) is 16.7. The van der Waals surface area contributed by atoms with Gasteiger partial charge in [0.1, 0.15) is 6.33 Å². The van der Waals surface area contributed by atoms with Crippen molar-refractivity contribution in [2.75, 3.05) is 17.3 Å². The zero-order chi connectivity index (χ0) is 13.8. The Morgan fingerprint density at radius 3 is 2.80 bits per heavy atom. The Hall–Kier alpha value is -2.22. The number of rotatable bonds is 7. The number of nitrogen functional groups attached to an aromatic ring is 1. The fraction of sp³-hybridized carbons (Fsp3) is 0.500. The third kappa shape index (κ3) is 3.21. The van der Waals surface area contributed by atoms with Crippen LogP contribution in [0.2, 0.25) is 0 Å². The van der Waals surface area contributed by atoms with E-state index in [-0.39, 0.29) is 0 Å². The minimum Gasteiger partial charge on any atom is -0.354 e. The number of aromatic nitrogens is 5. The van der Waals surface area contributed by atoms with E-state index >= 15 is 0 Å². The first-order valence-corrected chi connectivity index (χ1v) is 6.80. The first-order chi connectivity index (χ1) is 9.85. The molecule has 8 nitrogen and oxygen atoms in total. The third-order valence-electron chi connectivity index (χ3n) is 3.26. The molecule has 106 valence electrons. The number of imidazole rings is 1. The largest absolute Gasteiger partial charge is 0.354 e. The number of hydrogen-bond donors (Lipinski definition) is 3. The summed E-state index contributed by atoms with van der Waals surface area (Å²) in [6, 6.07) is 0. The lowest BCUT2D eigenvalue weighted by Gasteiger charge is -2.08. The fourth-order valence-corrected chi connectivity index (χ4v) is 2.00. The van der Waals surface area contributed by atoms with Crippen molar-refractivity contribution in [1.29, 1.82) is 0 Å². The molecular formula is C12H18N8. The van der Waals surface area contributed by atoms with Crippen molar-refractivity contribution in [1.82, 2.24) is 24.5 Å². The van der Waals surface area contributed by atoms with Gasteiger partial charge in [-0.3, -0.25) is 9.99 Å². The molecule has 0 unspecified atom stereocenters. The summed E-state index contributed by atoms with van der Waals surface area (Å²) in [7, 11) is 0. The highest BCUT2D eigenvalue weighted by Gasteiger charge is 2.20. The molecule has 0 aromatic carbocycles. The highest BCUT2D eigenvalue weighted by Crippen LogP contribution is 2.33. The number of hydrogen-bond acceptors (Lipinski definition) is 7. The Bertz CT molecular complexity index is 549. The highest BCUT2D eigenvalue weighted by atomic mass is 15.4. The van der Waals surface area contributed by atoms with Gasteiger partial charge in [-0.1, -0.05) is 12.8 Å². The molecule has 3 rings (SSSR count). The van der Waals surface area contributed by atoms with Crippen molar-refractivity contribution in [3.8, 4) is 5.95 Å². The molecule has 0 atom stereocenters. The number of nitrogens with zero attached hydrogens (tertiary/aromatic N) is 5. The van der Waals surface area contributed by atoms with Gasteiger partial charge in [-0.15, -0.1) is 0 Å². The molecule has 20 heavy (non-hydrogen) atoms. The van der Waals surface area contributed by atoms with Gasteiger partial charge in [0.25, 0.3) is 0 Å². The second-order valence-corrected chi connectivity index (χ2v) is 4.91. The van der Waals surface area contributed by atoms with E-state index in [2.05, 4.69) is 30.7 Å². The Kier molecular flexibility index (Phi) is 3.73. The summed E-state index contributed by atoms with van der Waals surface area (Å²) in [6.07, 6.45) is 10.2. The molecule has 2 aromatic heterocycles. The maximum absolute atomic E-state index is 5.39. The van der Waals surface area contributed by atoms with Gasteiger partial charge in [-0.25, -0.2) is 10.8 Å². The van der Waals surface area contributed by atoms with Crippen molar-refractivity contribution >= 4 is 11.9 Å². The Balaban J connectivity index is 1.67. The summed E-state index contributed by atoms with van der Waals surface area (Å²) in [6.45, 7) is 0.855.